The van der Waals surface area contributed by atoms with Gasteiger partial charge in [-0.05, 0) is 32.0 Å². The Morgan fingerprint density at radius 1 is 1.19 bits per heavy atom. The van der Waals surface area contributed by atoms with Crippen molar-refractivity contribution < 1.29 is 17.9 Å². The third kappa shape index (κ3) is 9.82. The number of benzene rings is 1. The van der Waals surface area contributed by atoms with Crippen LogP contribution in [0, 0.1) is 6.92 Å². The van der Waals surface area contributed by atoms with Crippen LogP contribution in [-0.4, -0.2) is 80.9 Å². The van der Waals surface area contributed by atoms with E-state index < -0.39 is 12.8 Å². The molecule has 1 heterocycles. The molecule has 1 aliphatic rings. The Bertz CT molecular complexity index is 694. The fraction of sp³-hybridized carbons (Fsp3) is 0.667. The van der Waals surface area contributed by atoms with Crippen LogP contribution < -0.4 is 15.4 Å². The van der Waals surface area contributed by atoms with Crippen molar-refractivity contribution in [3.8, 4) is 5.75 Å². The summed E-state index contributed by atoms with van der Waals surface area (Å²) in [5, 5.41) is 6.48. The maximum Gasteiger partial charge on any atom is 0.422 e. The maximum atomic E-state index is 12.5. The summed E-state index contributed by atoms with van der Waals surface area (Å²) < 4.78 is 42.6. The molecule has 0 radical (unpaired) electrons. The number of hydrogen-bond donors (Lipinski definition) is 2. The van der Waals surface area contributed by atoms with E-state index in [1.54, 1.807) is 19.2 Å². The Labute approximate surface area is 200 Å². The first-order chi connectivity index (χ1) is 14.2. The molecule has 0 saturated carbocycles. The van der Waals surface area contributed by atoms with Gasteiger partial charge in [0.05, 0.1) is 0 Å². The van der Waals surface area contributed by atoms with E-state index in [0.717, 1.165) is 44.8 Å². The van der Waals surface area contributed by atoms with Crippen molar-refractivity contribution in [1.29, 1.82) is 0 Å². The van der Waals surface area contributed by atoms with E-state index in [2.05, 4.69) is 39.3 Å². The molecule has 1 unspecified atom stereocenters. The highest BCUT2D eigenvalue weighted by molar-refractivity contribution is 14.0. The molecule has 31 heavy (non-hydrogen) atoms. The molecule has 1 atom stereocenters. The summed E-state index contributed by atoms with van der Waals surface area (Å²) in [6, 6.07) is 5.60. The van der Waals surface area contributed by atoms with Crippen LogP contribution in [0.1, 0.15) is 25.0 Å². The number of nitrogens with zero attached hydrogens (tertiary/aromatic N) is 3. The van der Waals surface area contributed by atoms with Gasteiger partial charge >= 0.3 is 6.18 Å². The van der Waals surface area contributed by atoms with Crippen molar-refractivity contribution in [3.63, 3.8) is 0 Å². The van der Waals surface area contributed by atoms with Crippen molar-refractivity contribution in [3.05, 3.63) is 29.3 Å². The van der Waals surface area contributed by atoms with Gasteiger partial charge in [-0.2, -0.15) is 13.2 Å². The van der Waals surface area contributed by atoms with Gasteiger partial charge in [-0.25, -0.2) is 0 Å². The van der Waals surface area contributed by atoms with Crippen LogP contribution in [-0.2, 0) is 6.54 Å². The lowest BCUT2D eigenvalue weighted by Gasteiger charge is -2.37. The topological polar surface area (TPSA) is 52.1 Å². The number of rotatable bonds is 8. The zero-order valence-electron chi connectivity index (χ0n) is 18.8. The lowest BCUT2D eigenvalue weighted by atomic mass is 10.1. The zero-order valence-corrected chi connectivity index (χ0v) is 21.1. The third-order valence-electron chi connectivity index (χ3n) is 5.33. The number of ether oxygens (including phenoxy) is 1. The first-order valence-corrected chi connectivity index (χ1v) is 10.4. The van der Waals surface area contributed by atoms with E-state index in [-0.39, 0.29) is 29.7 Å². The molecule has 1 aromatic carbocycles. The molecule has 1 aliphatic heterocycles. The average Bonchev–Trinajstić information content (AvgIpc) is 2.72. The van der Waals surface area contributed by atoms with Crippen molar-refractivity contribution >= 4 is 29.9 Å². The Balaban J connectivity index is 0.00000480. The number of aryl methyl sites for hydroxylation is 1. The number of alkyl halides is 3. The monoisotopic (exact) mass is 557 g/mol. The number of likely N-dealkylation sites (N-methyl/N-ethyl adjacent to an activating group) is 1. The summed E-state index contributed by atoms with van der Waals surface area (Å²) in [5.41, 5.74) is 1.49. The second-order valence-electron chi connectivity index (χ2n) is 7.64. The van der Waals surface area contributed by atoms with Crippen LogP contribution in [0.5, 0.6) is 5.75 Å². The van der Waals surface area contributed by atoms with Gasteiger partial charge in [0.25, 0.3) is 0 Å². The summed E-state index contributed by atoms with van der Waals surface area (Å²) in [5.74, 6) is 0.842. The minimum absolute atomic E-state index is 0. The van der Waals surface area contributed by atoms with Crippen LogP contribution in [0.15, 0.2) is 23.2 Å². The molecule has 0 amide bonds. The molecule has 2 N–H and O–H groups in total. The fourth-order valence-corrected chi connectivity index (χ4v) is 3.40. The van der Waals surface area contributed by atoms with Gasteiger partial charge in [0.15, 0.2) is 12.6 Å². The highest BCUT2D eigenvalue weighted by Crippen LogP contribution is 2.23. The number of halogens is 4. The number of guanidine groups is 1. The molecule has 0 bridgehead atoms. The first-order valence-electron chi connectivity index (χ1n) is 10.4. The molecule has 10 heteroatoms. The molecular formula is C21H35F3IN5O. The Morgan fingerprint density at radius 3 is 2.45 bits per heavy atom. The number of hydrogen-bond acceptors (Lipinski definition) is 4. The van der Waals surface area contributed by atoms with E-state index in [1.165, 1.54) is 0 Å². The molecule has 0 aromatic heterocycles. The standard InChI is InChI=1S/C21H34F3N5O.HI/c1-5-28-8-10-29(11-9-28)17(3)13-26-20(25-4)27-14-18-7-6-16(2)12-19(18)30-15-21(22,23)24;/h6-7,12,17H,5,8-11,13-15H2,1-4H3,(H2,25,26,27);1H. The van der Waals surface area contributed by atoms with Crippen LogP contribution in [0.2, 0.25) is 0 Å². The molecule has 0 aliphatic carbocycles. The van der Waals surface area contributed by atoms with Gasteiger partial charge in [0.2, 0.25) is 0 Å². The summed E-state index contributed by atoms with van der Waals surface area (Å²) in [7, 11) is 1.68. The van der Waals surface area contributed by atoms with Crippen LogP contribution in [0.3, 0.4) is 0 Å². The molecule has 178 valence electrons. The predicted octanol–water partition coefficient (Wildman–Crippen LogP) is 3.25. The molecule has 1 fully saturated rings. The minimum atomic E-state index is -4.37. The lowest BCUT2D eigenvalue weighted by molar-refractivity contribution is -0.153. The average molecular weight is 557 g/mol. The molecule has 0 spiro atoms. The first kappa shape index (κ1) is 27.8. The number of piperazine rings is 1. The Hall–Kier alpha value is -1.27. The Kier molecular flexibility index (Phi) is 11.9. The highest BCUT2D eigenvalue weighted by atomic mass is 127. The van der Waals surface area contributed by atoms with Gasteiger partial charge in [-0.1, -0.05) is 19.1 Å². The Morgan fingerprint density at radius 2 is 1.87 bits per heavy atom. The van der Waals surface area contributed by atoms with Crippen molar-refractivity contribution in [2.45, 2.75) is 39.5 Å². The fourth-order valence-electron chi connectivity index (χ4n) is 3.40. The SMILES string of the molecule is CCN1CCN(C(C)CNC(=NC)NCc2ccc(C)cc2OCC(F)(F)F)CC1.I. The zero-order chi connectivity index (χ0) is 22.1. The maximum absolute atomic E-state index is 12.5. The number of nitrogens with one attached hydrogen (secondary N) is 2. The largest absolute Gasteiger partial charge is 0.484 e. The van der Waals surface area contributed by atoms with Crippen molar-refractivity contribution in [2.24, 2.45) is 4.99 Å². The second kappa shape index (κ2) is 13.3. The lowest BCUT2D eigenvalue weighted by Crippen LogP contribution is -2.53. The molecular weight excluding hydrogens is 522 g/mol. The van der Waals surface area contributed by atoms with E-state index >= 15 is 0 Å². The summed E-state index contributed by atoms with van der Waals surface area (Å²) in [6.45, 7) is 11.3. The summed E-state index contributed by atoms with van der Waals surface area (Å²) in [4.78, 5) is 9.12. The van der Waals surface area contributed by atoms with E-state index in [0.29, 0.717) is 24.1 Å². The normalized spacial score (nSPS) is 17.1. The van der Waals surface area contributed by atoms with Gasteiger partial charge < -0.3 is 20.3 Å². The molecule has 2 rings (SSSR count). The van der Waals surface area contributed by atoms with Crippen LogP contribution in [0.4, 0.5) is 13.2 Å². The molecule has 6 nitrogen and oxygen atoms in total. The highest BCUT2D eigenvalue weighted by Gasteiger charge is 2.29. The van der Waals surface area contributed by atoms with Gasteiger partial charge in [-0.3, -0.25) is 9.89 Å². The number of aliphatic imine (C=N–C) groups is 1. The molecule has 1 aromatic rings. The van der Waals surface area contributed by atoms with E-state index in [4.69, 9.17) is 4.74 Å². The van der Waals surface area contributed by atoms with E-state index in [1.807, 2.05) is 13.0 Å². The van der Waals surface area contributed by atoms with Crippen molar-refractivity contribution in [1.82, 2.24) is 20.4 Å². The minimum Gasteiger partial charge on any atom is -0.484 e. The smallest absolute Gasteiger partial charge is 0.422 e. The second-order valence-corrected chi connectivity index (χ2v) is 7.64. The quantitative estimate of drug-likeness (QED) is 0.292. The summed E-state index contributed by atoms with van der Waals surface area (Å²) >= 11 is 0. The predicted molar refractivity (Wildman–Crippen MR) is 129 cm³/mol. The van der Waals surface area contributed by atoms with Crippen LogP contribution >= 0.6 is 24.0 Å². The van der Waals surface area contributed by atoms with Gasteiger partial charge in [0.1, 0.15) is 5.75 Å². The van der Waals surface area contributed by atoms with Gasteiger partial charge in [-0.15, -0.1) is 24.0 Å². The molecule has 1 saturated heterocycles. The van der Waals surface area contributed by atoms with Gasteiger partial charge in [0, 0.05) is 57.9 Å². The summed E-state index contributed by atoms with van der Waals surface area (Å²) in [6.07, 6.45) is -4.37. The third-order valence-corrected chi connectivity index (χ3v) is 5.33. The van der Waals surface area contributed by atoms with Crippen LogP contribution in [0.25, 0.3) is 0 Å². The van der Waals surface area contributed by atoms with E-state index in [9.17, 15) is 13.2 Å². The van der Waals surface area contributed by atoms with Crippen molar-refractivity contribution in [2.75, 3.05) is 52.9 Å².